The molecule has 0 spiro atoms. The van der Waals surface area contributed by atoms with Crippen molar-refractivity contribution in [2.24, 2.45) is 0 Å². The van der Waals surface area contributed by atoms with Gasteiger partial charge in [-0.15, -0.1) is 0 Å². The maximum absolute atomic E-state index is 2.45. The molecular formula is C58H45N. The zero-order chi connectivity index (χ0) is 39.8. The maximum atomic E-state index is 2.45. The number of hydrogen-bond acceptors (Lipinski definition) is 1. The normalized spacial score (nSPS) is 14.1. The van der Waals surface area contributed by atoms with Gasteiger partial charge in [0.2, 0.25) is 0 Å². The molecule has 0 amide bonds. The molecule has 9 aromatic rings. The van der Waals surface area contributed by atoms with Crippen molar-refractivity contribution < 1.29 is 0 Å². The van der Waals surface area contributed by atoms with E-state index in [9.17, 15) is 0 Å². The van der Waals surface area contributed by atoms with Crippen LogP contribution in [0.5, 0.6) is 0 Å². The van der Waals surface area contributed by atoms with Gasteiger partial charge in [0.1, 0.15) is 0 Å². The number of fused-ring (bicyclic) bond motifs is 3. The van der Waals surface area contributed by atoms with E-state index in [1.807, 2.05) is 0 Å². The van der Waals surface area contributed by atoms with E-state index in [0.29, 0.717) is 0 Å². The Morgan fingerprint density at radius 3 is 1.37 bits per heavy atom. The summed E-state index contributed by atoms with van der Waals surface area (Å²) in [5, 5.41) is 0. The number of nitrogens with zero attached hydrogens (tertiary/aromatic N) is 1. The summed E-state index contributed by atoms with van der Waals surface area (Å²) >= 11 is 0. The second-order valence-corrected chi connectivity index (χ2v) is 15.8. The fourth-order valence-electron chi connectivity index (χ4n) is 9.10. The highest BCUT2D eigenvalue weighted by Crippen LogP contribution is 2.52. The van der Waals surface area contributed by atoms with E-state index in [2.05, 4.69) is 243 Å². The third kappa shape index (κ3) is 6.65. The second-order valence-electron chi connectivity index (χ2n) is 15.8. The van der Waals surface area contributed by atoms with Crippen LogP contribution >= 0.6 is 0 Å². The molecule has 0 fully saturated rings. The average molecular weight is 756 g/mol. The first kappa shape index (κ1) is 36.1. The minimum Gasteiger partial charge on any atom is -0.310 e. The molecule has 0 saturated carbocycles. The van der Waals surface area contributed by atoms with Crippen molar-refractivity contribution in [3.8, 4) is 66.8 Å². The van der Waals surface area contributed by atoms with Crippen molar-refractivity contribution in [3.05, 3.63) is 236 Å². The highest BCUT2D eigenvalue weighted by molar-refractivity contribution is 5.92. The summed E-state index contributed by atoms with van der Waals surface area (Å²) in [7, 11) is 0. The minimum absolute atomic E-state index is 0.0793. The maximum Gasteiger partial charge on any atom is 0.0468 e. The smallest absolute Gasteiger partial charge is 0.0468 e. The van der Waals surface area contributed by atoms with Crippen molar-refractivity contribution in [2.45, 2.75) is 25.7 Å². The van der Waals surface area contributed by atoms with E-state index in [4.69, 9.17) is 0 Å². The average Bonchev–Trinajstić information content (AvgIpc) is 3.57. The zero-order valence-electron chi connectivity index (χ0n) is 33.5. The van der Waals surface area contributed by atoms with Crippen LogP contribution in [0.4, 0.5) is 17.1 Å². The Labute approximate surface area is 348 Å². The second kappa shape index (κ2) is 15.3. The minimum atomic E-state index is -0.0793. The zero-order valence-corrected chi connectivity index (χ0v) is 33.5. The van der Waals surface area contributed by atoms with Gasteiger partial charge in [-0.05, 0) is 127 Å². The van der Waals surface area contributed by atoms with Crippen LogP contribution in [0.15, 0.2) is 224 Å². The van der Waals surface area contributed by atoms with E-state index in [1.165, 1.54) is 77.9 Å². The van der Waals surface area contributed by atoms with Crippen LogP contribution in [0.2, 0.25) is 0 Å². The van der Waals surface area contributed by atoms with Crippen molar-refractivity contribution >= 4 is 17.1 Å². The Morgan fingerprint density at radius 1 is 0.305 bits per heavy atom. The van der Waals surface area contributed by atoms with Gasteiger partial charge in [0.25, 0.3) is 0 Å². The summed E-state index contributed by atoms with van der Waals surface area (Å²) in [6.07, 6.45) is 1.02. The Kier molecular flexibility index (Phi) is 9.35. The van der Waals surface area contributed by atoms with Gasteiger partial charge in [0.05, 0.1) is 0 Å². The van der Waals surface area contributed by atoms with Crippen molar-refractivity contribution in [1.29, 1.82) is 0 Å². The lowest BCUT2D eigenvalue weighted by atomic mass is 9.78. The molecule has 1 aliphatic rings. The van der Waals surface area contributed by atoms with Gasteiger partial charge in [-0.25, -0.2) is 0 Å². The molecular weight excluding hydrogens is 711 g/mol. The largest absolute Gasteiger partial charge is 0.310 e. The van der Waals surface area contributed by atoms with E-state index >= 15 is 0 Å². The first-order chi connectivity index (χ1) is 29.1. The molecule has 1 atom stereocenters. The van der Waals surface area contributed by atoms with Gasteiger partial charge < -0.3 is 4.90 Å². The van der Waals surface area contributed by atoms with Crippen LogP contribution in [-0.4, -0.2) is 0 Å². The Balaban J connectivity index is 1.15. The highest BCUT2D eigenvalue weighted by Gasteiger charge is 2.38. The van der Waals surface area contributed by atoms with E-state index < -0.39 is 0 Å². The van der Waals surface area contributed by atoms with Crippen LogP contribution in [0.3, 0.4) is 0 Å². The standard InChI is InChI=1S/C58H45N/c1-3-58(2)56-25-14-13-24-53(56)54-37-35-51(40-57(54)58)59(49-32-30-45(31-33-49)42-18-9-5-10-19-42)50-34-36-52(48-23-15-22-47(38-48)43-20-11-6-12-21-43)55(39-50)46-28-26-44(27-29-46)41-16-7-4-8-17-41/h4-40H,3H2,1-2H3. The molecule has 59 heavy (non-hydrogen) atoms. The summed E-state index contributed by atoms with van der Waals surface area (Å²) in [6.45, 7) is 4.73. The van der Waals surface area contributed by atoms with Crippen LogP contribution in [0.25, 0.3) is 66.8 Å². The van der Waals surface area contributed by atoms with Crippen LogP contribution in [0.1, 0.15) is 31.4 Å². The molecule has 0 heterocycles. The van der Waals surface area contributed by atoms with Gasteiger partial charge in [0.15, 0.2) is 0 Å². The quantitative estimate of drug-likeness (QED) is 0.142. The number of hydrogen-bond donors (Lipinski definition) is 0. The summed E-state index contributed by atoms with van der Waals surface area (Å²) in [6, 6.07) is 82.1. The molecule has 0 saturated heterocycles. The lowest BCUT2D eigenvalue weighted by Gasteiger charge is -2.30. The molecule has 282 valence electrons. The number of benzene rings is 9. The summed E-state index contributed by atoms with van der Waals surface area (Å²) < 4.78 is 0. The van der Waals surface area contributed by atoms with Gasteiger partial charge in [-0.3, -0.25) is 0 Å². The predicted octanol–water partition coefficient (Wildman–Crippen LogP) is 16.2. The summed E-state index contributed by atoms with van der Waals surface area (Å²) in [5.74, 6) is 0. The third-order valence-corrected chi connectivity index (χ3v) is 12.5. The monoisotopic (exact) mass is 755 g/mol. The summed E-state index contributed by atoms with van der Waals surface area (Å²) in [5.41, 5.74) is 20.8. The molecule has 0 aromatic heterocycles. The lowest BCUT2D eigenvalue weighted by molar-refractivity contribution is 0.564. The van der Waals surface area contributed by atoms with Crippen LogP contribution in [0, 0.1) is 0 Å². The fourth-order valence-corrected chi connectivity index (χ4v) is 9.10. The molecule has 9 aromatic carbocycles. The molecule has 0 radical (unpaired) electrons. The van der Waals surface area contributed by atoms with Gasteiger partial charge in [0, 0.05) is 22.5 Å². The topological polar surface area (TPSA) is 3.24 Å². The van der Waals surface area contributed by atoms with Crippen LogP contribution in [-0.2, 0) is 5.41 Å². The van der Waals surface area contributed by atoms with Gasteiger partial charge >= 0.3 is 0 Å². The Morgan fingerprint density at radius 2 is 0.746 bits per heavy atom. The van der Waals surface area contributed by atoms with Crippen molar-refractivity contribution in [3.63, 3.8) is 0 Å². The van der Waals surface area contributed by atoms with Gasteiger partial charge in [-0.1, -0.05) is 196 Å². The Bertz CT molecular complexity index is 2890. The first-order valence-electron chi connectivity index (χ1n) is 20.7. The van der Waals surface area contributed by atoms with Crippen LogP contribution < -0.4 is 4.90 Å². The Hall–Kier alpha value is -7.22. The fraction of sp³-hybridized carbons (Fsp3) is 0.0690. The highest BCUT2D eigenvalue weighted by atomic mass is 15.1. The molecule has 10 rings (SSSR count). The van der Waals surface area contributed by atoms with E-state index in [1.54, 1.807) is 0 Å². The molecule has 1 heteroatoms. The van der Waals surface area contributed by atoms with E-state index in [0.717, 1.165) is 23.5 Å². The summed E-state index contributed by atoms with van der Waals surface area (Å²) in [4.78, 5) is 2.44. The van der Waals surface area contributed by atoms with Crippen molar-refractivity contribution in [2.75, 3.05) is 4.90 Å². The predicted molar refractivity (Wildman–Crippen MR) is 250 cm³/mol. The molecule has 1 nitrogen and oxygen atoms in total. The number of rotatable bonds is 9. The third-order valence-electron chi connectivity index (χ3n) is 12.5. The molecule has 0 aliphatic heterocycles. The molecule has 0 N–H and O–H groups in total. The molecule has 1 aliphatic carbocycles. The molecule has 0 bridgehead atoms. The SMILES string of the molecule is CCC1(C)c2ccccc2-c2ccc(N(c3ccc(-c4ccccc4)cc3)c3ccc(-c4cccc(-c5ccccc5)c4)c(-c4ccc(-c5ccccc5)cc4)c3)cc21. The molecule has 1 unspecified atom stereocenters. The van der Waals surface area contributed by atoms with Crippen molar-refractivity contribution in [1.82, 2.24) is 0 Å². The number of anilines is 3. The van der Waals surface area contributed by atoms with Gasteiger partial charge in [-0.2, -0.15) is 0 Å². The lowest BCUT2D eigenvalue weighted by Crippen LogP contribution is -2.20. The van der Waals surface area contributed by atoms with E-state index in [-0.39, 0.29) is 5.41 Å². The first-order valence-corrected chi connectivity index (χ1v) is 20.7.